The highest BCUT2D eigenvalue weighted by Crippen LogP contribution is 2.39. The van der Waals surface area contributed by atoms with E-state index < -0.39 is 33.1 Å². The molecule has 1 heterocycles. The van der Waals surface area contributed by atoms with Crippen molar-refractivity contribution in [3.05, 3.63) is 62.5 Å². The Balaban J connectivity index is 2.87. The average Bonchev–Trinajstić information content (AvgIpc) is 2.66. The second-order valence-electron chi connectivity index (χ2n) is 5.87. The van der Waals surface area contributed by atoms with Gasteiger partial charge in [0, 0.05) is 17.8 Å². The summed E-state index contributed by atoms with van der Waals surface area (Å²) in [7, 11) is -1.53. The highest BCUT2D eigenvalue weighted by atomic mass is 32.2. The number of rotatable bonds is 6. The second kappa shape index (κ2) is 9.15. The van der Waals surface area contributed by atoms with Crippen molar-refractivity contribution in [2.75, 3.05) is 13.7 Å². The number of benzene rings is 1. The fraction of sp³-hybridized carbons (Fsp3) is 0.278. The molecule has 1 aliphatic rings. The summed E-state index contributed by atoms with van der Waals surface area (Å²) in [6.45, 7) is 3.06. The summed E-state index contributed by atoms with van der Waals surface area (Å²) in [6, 6.07) is 5.35. The molecule has 0 fully saturated rings. The van der Waals surface area contributed by atoms with E-state index in [0.717, 1.165) is 12.5 Å². The van der Waals surface area contributed by atoms with Crippen LogP contribution >= 0.6 is 0 Å². The number of nitrogens with one attached hydrogen (secondary N) is 1. The van der Waals surface area contributed by atoms with Crippen LogP contribution in [0.5, 0.6) is 0 Å². The van der Waals surface area contributed by atoms with E-state index in [-0.39, 0.29) is 40.4 Å². The SMILES string of the molecule is CCOC(=O)C1=C(C=S(=O)=O)NC(C)=C(C(=O)OC)C1c1cccc([N+](=O)[O-])c1. The van der Waals surface area contributed by atoms with Gasteiger partial charge in [-0.15, -0.1) is 0 Å². The monoisotopic (exact) mass is 422 g/mol. The van der Waals surface area contributed by atoms with Gasteiger partial charge in [0.2, 0.25) is 10.3 Å². The minimum absolute atomic E-state index is 0.00452. The lowest BCUT2D eigenvalue weighted by atomic mass is 9.80. The zero-order chi connectivity index (χ0) is 21.7. The molecule has 1 N–H and O–H groups in total. The Morgan fingerprint density at radius 2 is 1.97 bits per heavy atom. The number of esters is 2. The van der Waals surface area contributed by atoms with E-state index in [1.165, 1.54) is 31.2 Å². The van der Waals surface area contributed by atoms with Crippen molar-refractivity contribution in [1.82, 2.24) is 5.32 Å². The van der Waals surface area contributed by atoms with Gasteiger partial charge in [-0.1, -0.05) is 12.1 Å². The molecule has 10 nitrogen and oxygen atoms in total. The molecule has 0 bridgehead atoms. The first-order valence-corrected chi connectivity index (χ1v) is 9.49. The van der Waals surface area contributed by atoms with Crippen LogP contribution in [0, 0.1) is 10.1 Å². The van der Waals surface area contributed by atoms with Crippen LogP contribution in [-0.2, 0) is 29.4 Å². The summed E-state index contributed by atoms with van der Waals surface area (Å²) in [5.41, 5.74) is -0.0703. The first kappa shape index (κ1) is 21.8. The number of methoxy groups -OCH3 is 1. The molecule has 2 rings (SSSR count). The van der Waals surface area contributed by atoms with Gasteiger partial charge in [-0.3, -0.25) is 10.1 Å². The predicted molar refractivity (Wildman–Crippen MR) is 102 cm³/mol. The fourth-order valence-electron chi connectivity index (χ4n) is 3.01. The highest BCUT2D eigenvalue weighted by Gasteiger charge is 2.39. The smallest absolute Gasteiger partial charge is 0.337 e. The molecular weight excluding hydrogens is 404 g/mol. The average molecular weight is 422 g/mol. The number of dihydropyridines is 1. The number of nitrogens with zero attached hydrogens (tertiary/aromatic N) is 1. The minimum atomic E-state index is -2.68. The van der Waals surface area contributed by atoms with E-state index in [1.807, 2.05) is 0 Å². The van der Waals surface area contributed by atoms with Crippen LogP contribution in [0.1, 0.15) is 25.3 Å². The zero-order valence-electron chi connectivity index (χ0n) is 15.8. The molecule has 0 aromatic heterocycles. The molecule has 11 heteroatoms. The number of nitro groups is 1. The number of hydrogen-bond acceptors (Lipinski definition) is 9. The van der Waals surface area contributed by atoms with Gasteiger partial charge in [0.15, 0.2) is 0 Å². The van der Waals surface area contributed by atoms with Crippen LogP contribution in [0.15, 0.2) is 46.8 Å². The molecule has 154 valence electrons. The third kappa shape index (κ3) is 4.69. The summed E-state index contributed by atoms with van der Waals surface area (Å²) in [4.78, 5) is 35.8. The molecule has 0 aliphatic carbocycles. The highest BCUT2D eigenvalue weighted by molar-refractivity contribution is 7.71. The van der Waals surface area contributed by atoms with Crippen LogP contribution in [0.3, 0.4) is 0 Å². The van der Waals surface area contributed by atoms with Crippen molar-refractivity contribution in [3.8, 4) is 0 Å². The number of ether oxygens (including phenoxy) is 2. The van der Waals surface area contributed by atoms with Crippen LogP contribution in [0.4, 0.5) is 5.69 Å². The summed E-state index contributed by atoms with van der Waals surface area (Å²) in [5.74, 6) is -2.80. The van der Waals surface area contributed by atoms with Gasteiger partial charge in [-0.25, -0.2) is 9.59 Å². The summed E-state index contributed by atoms with van der Waals surface area (Å²) in [6.07, 6.45) is 0. The maximum absolute atomic E-state index is 12.7. The van der Waals surface area contributed by atoms with E-state index in [0.29, 0.717) is 0 Å². The molecule has 1 aromatic rings. The van der Waals surface area contributed by atoms with E-state index in [2.05, 4.69) is 5.32 Å². The van der Waals surface area contributed by atoms with Gasteiger partial charge in [-0.05, 0) is 19.4 Å². The number of carbonyl (C=O) groups is 2. The maximum atomic E-state index is 12.7. The lowest BCUT2D eigenvalue weighted by Crippen LogP contribution is -2.33. The molecule has 1 atom stereocenters. The maximum Gasteiger partial charge on any atom is 0.337 e. The Hall–Kier alpha value is -3.47. The minimum Gasteiger partial charge on any atom is -0.466 e. The number of hydrogen-bond donors (Lipinski definition) is 1. The number of allylic oxidation sites excluding steroid dienone is 2. The summed E-state index contributed by atoms with van der Waals surface area (Å²) in [5, 5.41) is 14.7. The molecular formula is C18H18N2O8S. The number of non-ortho nitro benzene ring substituents is 1. The van der Waals surface area contributed by atoms with Gasteiger partial charge in [0.05, 0.1) is 46.8 Å². The van der Waals surface area contributed by atoms with Gasteiger partial charge in [-0.2, -0.15) is 8.42 Å². The second-order valence-corrected chi connectivity index (χ2v) is 6.62. The lowest BCUT2D eigenvalue weighted by molar-refractivity contribution is -0.384. The van der Waals surface area contributed by atoms with Crippen LogP contribution in [-0.4, -0.2) is 44.4 Å². The van der Waals surface area contributed by atoms with E-state index in [1.54, 1.807) is 6.92 Å². The molecule has 0 radical (unpaired) electrons. The van der Waals surface area contributed by atoms with Crippen molar-refractivity contribution in [3.63, 3.8) is 0 Å². The molecule has 1 aliphatic heterocycles. The molecule has 0 saturated carbocycles. The Labute approximate surface area is 167 Å². The van der Waals surface area contributed by atoms with Crippen LogP contribution < -0.4 is 5.32 Å². The van der Waals surface area contributed by atoms with Crippen molar-refractivity contribution in [2.24, 2.45) is 0 Å². The van der Waals surface area contributed by atoms with Gasteiger partial charge in [0.1, 0.15) is 0 Å². The number of carbonyl (C=O) groups excluding carboxylic acids is 2. The van der Waals surface area contributed by atoms with Crippen molar-refractivity contribution < 1.29 is 32.4 Å². The molecule has 1 aromatic carbocycles. The Morgan fingerprint density at radius 3 is 2.52 bits per heavy atom. The van der Waals surface area contributed by atoms with Gasteiger partial charge < -0.3 is 14.8 Å². The van der Waals surface area contributed by atoms with E-state index in [4.69, 9.17) is 9.47 Å². The third-order valence-corrected chi connectivity index (χ3v) is 4.55. The Morgan fingerprint density at radius 1 is 1.28 bits per heavy atom. The molecule has 29 heavy (non-hydrogen) atoms. The quantitative estimate of drug-likeness (QED) is 0.310. The predicted octanol–water partition coefficient (Wildman–Crippen LogP) is 1.23. The summed E-state index contributed by atoms with van der Waals surface area (Å²) >= 11 is 0. The molecule has 0 saturated heterocycles. The zero-order valence-corrected chi connectivity index (χ0v) is 16.6. The topological polar surface area (TPSA) is 142 Å². The first-order chi connectivity index (χ1) is 13.7. The van der Waals surface area contributed by atoms with Gasteiger partial charge in [0.25, 0.3) is 5.69 Å². The fourth-order valence-corrected chi connectivity index (χ4v) is 3.39. The number of nitro benzene ring substituents is 1. The summed E-state index contributed by atoms with van der Waals surface area (Å²) < 4.78 is 32.4. The van der Waals surface area contributed by atoms with Crippen molar-refractivity contribution in [2.45, 2.75) is 19.8 Å². The Kier molecular flexibility index (Phi) is 6.89. The van der Waals surface area contributed by atoms with E-state index >= 15 is 0 Å². The standard InChI is InChI=1S/C18H18N2O8S/c1-4-28-18(22)16-13(9-29(25)26)19-10(2)14(17(21)27-3)15(16)11-6-5-7-12(8-11)20(23)24/h5-9,15,19H,4H2,1-3H3. The largest absolute Gasteiger partial charge is 0.466 e. The molecule has 0 amide bonds. The molecule has 1 unspecified atom stereocenters. The van der Waals surface area contributed by atoms with E-state index in [9.17, 15) is 28.1 Å². The first-order valence-electron chi connectivity index (χ1n) is 8.35. The van der Waals surface area contributed by atoms with Crippen molar-refractivity contribution in [1.29, 1.82) is 0 Å². The lowest BCUT2D eigenvalue weighted by Gasteiger charge is -2.29. The van der Waals surface area contributed by atoms with Gasteiger partial charge >= 0.3 is 11.9 Å². The third-order valence-electron chi connectivity index (χ3n) is 4.12. The Bertz CT molecular complexity index is 1060. The van der Waals surface area contributed by atoms with Crippen LogP contribution in [0.2, 0.25) is 0 Å². The molecule has 0 spiro atoms. The van der Waals surface area contributed by atoms with Crippen molar-refractivity contribution >= 4 is 33.3 Å². The van der Waals surface area contributed by atoms with Crippen LogP contribution in [0.25, 0.3) is 0 Å². The normalized spacial score (nSPS) is 16.0.